The van der Waals surface area contributed by atoms with E-state index in [0.717, 1.165) is 54.8 Å². The highest BCUT2D eigenvalue weighted by Gasteiger charge is 2.34. The predicted octanol–water partition coefficient (Wildman–Crippen LogP) is 4.62. The first-order valence-corrected chi connectivity index (χ1v) is 19.4. The molecule has 0 radical (unpaired) electrons. The van der Waals surface area contributed by atoms with E-state index in [1.165, 1.54) is 45.2 Å². The number of nitrogens with zero attached hydrogens (tertiary/aromatic N) is 5. The molecular formula is C34H48N5O4S2+. The number of rotatable bonds is 8. The van der Waals surface area contributed by atoms with E-state index in [1.807, 2.05) is 18.2 Å². The van der Waals surface area contributed by atoms with Gasteiger partial charge in [0.15, 0.2) is 16.1 Å². The summed E-state index contributed by atoms with van der Waals surface area (Å²) in [5, 5.41) is 0.771. The quantitative estimate of drug-likeness (QED) is 0.350. The van der Waals surface area contributed by atoms with Gasteiger partial charge in [-0.3, -0.25) is 14.8 Å². The van der Waals surface area contributed by atoms with Gasteiger partial charge in [0.2, 0.25) is 9.84 Å². The maximum absolute atomic E-state index is 14.1. The summed E-state index contributed by atoms with van der Waals surface area (Å²) in [5.74, 6) is 0.605. The van der Waals surface area contributed by atoms with Crippen molar-refractivity contribution in [2.75, 3.05) is 70.6 Å². The van der Waals surface area contributed by atoms with Crippen molar-refractivity contribution in [2.45, 2.75) is 72.3 Å². The molecule has 0 spiro atoms. The second kappa shape index (κ2) is 13.8. The average molecular weight is 655 g/mol. The number of sulfone groups is 1. The number of likely N-dealkylation sites (tertiary alicyclic amines) is 1. The number of anilines is 1. The summed E-state index contributed by atoms with van der Waals surface area (Å²) in [6, 6.07) is 14.0. The molecular weight excluding hydrogens is 607 g/mol. The van der Waals surface area contributed by atoms with Gasteiger partial charge in [-0.15, -0.1) is 0 Å². The van der Waals surface area contributed by atoms with Gasteiger partial charge in [0.25, 0.3) is 0 Å². The Morgan fingerprint density at radius 2 is 1.47 bits per heavy atom. The third-order valence-electron chi connectivity index (χ3n) is 10.2. The molecule has 0 bridgehead atoms. The molecule has 0 aliphatic carbocycles. The molecule has 3 saturated heterocycles. The van der Waals surface area contributed by atoms with Crippen LogP contribution in [0.1, 0.15) is 39.5 Å². The number of fused-ring (bicyclic) bond motifs is 1. The Morgan fingerprint density at radius 1 is 0.867 bits per heavy atom. The van der Waals surface area contributed by atoms with E-state index >= 15 is 0 Å². The molecule has 1 atom stereocenters. The molecule has 9 nitrogen and oxygen atoms in total. The van der Waals surface area contributed by atoms with E-state index < -0.39 is 21.0 Å². The van der Waals surface area contributed by atoms with E-state index in [1.54, 1.807) is 37.6 Å². The zero-order valence-corrected chi connectivity index (χ0v) is 28.7. The first-order valence-electron chi connectivity index (χ1n) is 16.3. The standard InChI is InChI=1S/C34H48N5O4S2/c1-25(2)36-19-21-38(22-20-36)27-11-15-37(16-12-27)26-13-17-39(18-14-26)34-31-23-29(44(4)40)7-10-32(31)35-24-33(34)45(41,42)30-8-5-28(43-3)6-9-30/h5-10,23-27,40H,11-22H2,1-4H3/q+1. The highest BCUT2D eigenvalue weighted by molar-refractivity contribution is 7.91. The molecule has 4 heterocycles. The Labute approximate surface area is 271 Å². The smallest absolute Gasteiger partial charge is 0.210 e. The van der Waals surface area contributed by atoms with Crippen molar-refractivity contribution in [2.24, 2.45) is 0 Å². The number of hydrogen-bond acceptors (Lipinski definition) is 9. The van der Waals surface area contributed by atoms with Crippen molar-refractivity contribution in [3.05, 3.63) is 48.7 Å². The summed E-state index contributed by atoms with van der Waals surface area (Å²) in [6.45, 7) is 13.1. The third kappa shape index (κ3) is 6.84. The molecule has 3 aliphatic rings. The maximum atomic E-state index is 14.1. The van der Waals surface area contributed by atoms with E-state index in [9.17, 15) is 13.0 Å². The van der Waals surface area contributed by atoms with E-state index in [-0.39, 0.29) is 9.79 Å². The normalized spacial score (nSPS) is 21.1. The zero-order valence-electron chi connectivity index (χ0n) is 27.1. The minimum absolute atomic E-state index is 0.211. The lowest BCUT2D eigenvalue weighted by molar-refractivity contribution is 0.0359. The Morgan fingerprint density at radius 3 is 2.04 bits per heavy atom. The minimum atomic E-state index is -3.87. The summed E-state index contributed by atoms with van der Waals surface area (Å²) in [7, 11) is -2.30. The van der Waals surface area contributed by atoms with Crippen molar-refractivity contribution in [1.82, 2.24) is 19.7 Å². The molecule has 3 fully saturated rings. The number of hydrogen-bond donors (Lipinski definition) is 1. The van der Waals surface area contributed by atoms with Crippen LogP contribution >= 0.6 is 0 Å². The first-order chi connectivity index (χ1) is 21.7. The van der Waals surface area contributed by atoms with Crippen molar-refractivity contribution in [3.63, 3.8) is 0 Å². The Hall–Kier alpha value is -2.41. The first kappa shape index (κ1) is 32.5. The SMILES string of the molecule is COc1ccc(S(=O)(=O)c2cnc3ccc([S+](C)O)cc3c2N2CCC(N3CCC(N4CCN(C(C)C)CC4)CC3)CC2)cc1. The summed E-state index contributed by atoms with van der Waals surface area (Å²) in [5.41, 5.74) is 1.42. The van der Waals surface area contributed by atoms with E-state index in [2.05, 4.69) is 38.4 Å². The minimum Gasteiger partial charge on any atom is -0.497 e. The molecule has 0 saturated carbocycles. The zero-order chi connectivity index (χ0) is 31.7. The number of pyridine rings is 1. The second-order valence-electron chi connectivity index (χ2n) is 13.0. The molecule has 1 unspecified atom stereocenters. The van der Waals surface area contributed by atoms with Gasteiger partial charge in [-0.2, -0.15) is 4.55 Å². The number of piperidine rings is 2. The van der Waals surface area contributed by atoms with Crippen LogP contribution in [0.5, 0.6) is 5.75 Å². The fourth-order valence-electron chi connectivity index (χ4n) is 7.42. The summed E-state index contributed by atoms with van der Waals surface area (Å²) in [6.07, 6.45) is 7.70. The van der Waals surface area contributed by atoms with Crippen LogP contribution in [0.15, 0.2) is 63.3 Å². The summed E-state index contributed by atoms with van der Waals surface area (Å²) >= 11 is -0.956. The van der Waals surface area contributed by atoms with Crippen LogP contribution < -0.4 is 9.64 Å². The van der Waals surface area contributed by atoms with Crippen molar-refractivity contribution >= 4 is 37.6 Å². The molecule has 3 aliphatic heterocycles. The van der Waals surface area contributed by atoms with Crippen LogP contribution in [0.2, 0.25) is 0 Å². The molecule has 45 heavy (non-hydrogen) atoms. The number of benzene rings is 2. The molecule has 244 valence electrons. The summed E-state index contributed by atoms with van der Waals surface area (Å²) in [4.78, 5) is 16.0. The van der Waals surface area contributed by atoms with Crippen molar-refractivity contribution in [1.29, 1.82) is 0 Å². The molecule has 6 rings (SSSR count). The van der Waals surface area contributed by atoms with Crippen LogP contribution in [0.4, 0.5) is 5.69 Å². The monoisotopic (exact) mass is 654 g/mol. The fraction of sp³-hybridized carbons (Fsp3) is 0.559. The Kier molecular flexibility index (Phi) is 9.94. The van der Waals surface area contributed by atoms with Crippen LogP contribution in [-0.4, -0.2) is 117 Å². The van der Waals surface area contributed by atoms with Crippen molar-refractivity contribution in [3.8, 4) is 5.75 Å². The molecule has 1 aromatic heterocycles. The number of methoxy groups -OCH3 is 1. The van der Waals surface area contributed by atoms with Gasteiger partial charge >= 0.3 is 0 Å². The largest absolute Gasteiger partial charge is 0.497 e. The lowest BCUT2D eigenvalue weighted by Gasteiger charge is -2.46. The number of aromatic nitrogens is 1. The van der Waals surface area contributed by atoms with Gasteiger partial charge in [0.05, 0.1) is 23.2 Å². The average Bonchev–Trinajstić information content (AvgIpc) is 3.07. The van der Waals surface area contributed by atoms with Gasteiger partial charge in [-0.1, -0.05) is 0 Å². The van der Waals surface area contributed by atoms with Crippen LogP contribution in [-0.2, 0) is 21.0 Å². The topological polar surface area (TPSA) is 89.4 Å². The number of ether oxygens (including phenoxy) is 1. The van der Waals surface area contributed by atoms with Gasteiger partial charge in [-0.05, 0) is 89.0 Å². The molecule has 2 aromatic carbocycles. The van der Waals surface area contributed by atoms with Crippen molar-refractivity contribution < 1.29 is 17.7 Å². The van der Waals surface area contributed by atoms with Gasteiger partial charge in [-0.25, -0.2) is 8.42 Å². The molecule has 0 amide bonds. The summed E-state index contributed by atoms with van der Waals surface area (Å²) < 4.78 is 43.9. The molecule has 1 N–H and O–H groups in total. The lowest BCUT2D eigenvalue weighted by Crippen LogP contribution is -2.56. The van der Waals surface area contributed by atoms with Crippen LogP contribution in [0.3, 0.4) is 0 Å². The predicted molar refractivity (Wildman–Crippen MR) is 182 cm³/mol. The Bertz CT molecular complexity index is 1560. The van der Waals surface area contributed by atoms with Gasteiger partial charge in [0.1, 0.15) is 16.9 Å². The molecule has 3 aromatic rings. The maximum Gasteiger partial charge on any atom is 0.210 e. The second-order valence-corrected chi connectivity index (χ2v) is 16.3. The van der Waals surface area contributed by atoms with E-state index in [0.29, 0.717) is 29.6 Å². The highest BCUT2D eigenvalue weighted by atomic mass is 32.2. The number of piperazine rings is 1. The molecule has 11 heteroatoms. The highest BCUT2D eigenvalue weighted by Crippen LogP contribution is 2.39. The Balaban J connectivity index is 1.20. The van der Waals surface area contributed by atoms with Crippen LogP contribution in [0.25, 0.3) is 10.9 Å². The fourth-order valence-corrected chi connectivity index (χ4v) is 9.40. The van der Waals surface area contributed by atoms with Gasteiger partial charge < -0.3 is 14.5 Å². The van der Waals surface area contributed by atoms with E-state index in [4.69, 9.17) is 4.74 Å². The lowest BCUT2D eigenvalue weighted by atomic mass is 9.96. The third-order valence-corrected chi connectivity index (χ3v) is 12.9. The van der Waals surface area contributed by atoms with Gasteiger partial charge in [0, 0.05) is 75.0 Å². The van der Waals surface area contributed by atoms with Crippen LogP contribution in [0, 0.1) is 0 Å².